The lowest BCUT2D eigenvalue weighted by Gasteiger charge is -2.09. The van der Waals surface area contributed by atoms with Crippen molar-refractivity contribution >= 4 is 28.3 Å². The van der Waals surface area contributed by atoms with Crippen molar-refractivity contribution in [2.75, 3.05) is 5.32 Å². The lowest BCUT2D eigenvalue weighted by atomic mass is 10.0. The summed E-state index contributed by atoms with van der Waals surface area (Å²) in [5.74, 6) is -2.83. The molecule has 0 fully saturated rings. The maximum absolute atomic E-state index is 12.2. The van der Waals surface area contributed by atoms with Crippen LogP contribution < -0.4 is 5.32 Å². The van der Waals surface area contributed by atoms with E-state index in [0.717, 1.165) is 0 Å². The molecule has 0 saturated heterocycles. The van der Waals surface area contributed by atoms with Crippen molar-refractivity contribution < 1.29 is 23.5 Å². The summed E-state index contributed by atoms with van der Waals surface area (Å²) in [6, 6.07) is 9.53. The van der Waals surface area contributed by atoms with Crippen LogP contribution in [0.15, 0.2) is 36.4 Å². The number of carboxylic acid groups (broad SMARTS) is 1. The number of hydrogen-bond donors (Lipinski definition) is 2. The quantitative estimate of drug-likeness (QED) is 0.896. The van der Waals surface area contributed by atoms with E-state index in [2.05, 4.69) is 0 Å². The molecule has 0 atom stereocenters. The number of hydrogen-bond acceptors (Lipinski definition) is 2. The first kappa shape index (κ1) is 12.9. The number of benzene rings is 2. The zero-order valence-corrected chi connectivity index (χ0v) is 9.56. The van der Waals surface area contributed by atoms with Gasteiger partial charge in [0.1, 0.15) is 0 Å². The molecule has 1 amide bonds. The minimum Gasteiger partial charge on any atom is -0.478 e. The van der Waals surface area contributed by atoms with Gasteiger partial charge in [0, 0.05) is 0 Å². The Kier molecular flexibility index (Phi) is 3.41. The molecule has 4 nitrogen and oxygen atoms in total. The number of fused-ring (bicyclic) bond motifs is 1. The van der Waals surface area contributed by atoms with Crippen LogP contribution in [0.2, 0.25) is 0 Å². The molecule has 0 aromatic heterocycles. The van der Waals surface area contributed by atoms with E-state index in [-0.39, 0.29) is 11.3 Å². The van der Waals surface area contributed by atoms with Gasteiger partial charge < -0.3 is 10.4 Å². The van der Waals surface area contributed by atoms with Crippen LogP contribution in [0.5, 0.6) is 0 Å². The number of carboxylic acids is 1. The third-order valence-corrected chi connectivity index (χ3v) is 2.57. The van der Waals surface area contributed by atoms with Gasteiger partial charge in [-0.3, -0.25) is 4.79 Å². The first-order chi connectivity index (χ1) is 8.99. The molecule has 0 heterocycles. The van der Waals surface area contributed by atoms with Crippen LogP contribution in [0.25, 0.3) is 10.8 Å². The second kappa shape index (κ2) is 5.01. The summed E-state index contributed by atoms with van der Waals surface area (Å²) in [5.41, 5.74) is -0.371. The van der Waals surface area contributed by atoms with Crippen molar-refractivity contribution in [1.82, 2.24) is 0 Å². The van der Waals surface area contributed by atoms with Crippen LogP contribution in [-0.2, 0) is 4.79 Å². The minimum absolute atomic E-state index is 0.142. The number of rotatable bonds is 3. The maximum Gasteiger partial charge on any atom is 0.337 e. The van der Waals surface area contributed by atoms with E-state index in [1.807, 2.05) is 5.32 Å². The molecule has 0 unspecified atom stereocenters. The normalized spacial score (nSPS) is 10.7. The van der Waals surface area contributed by atoms with Gasteiger partial charge in [-0.2, -0.15) is 8.78 Å². The van der Waals surface area contributed by atoms with E-state index < -0.39 is 18.3 Å². The molecule has 0 radical (unpaired) electrons. The topological polar surface area (TPSA) is 66.4 Å². The molecule has 6 heteroatoms. The van der Waals surface area contributed by atoms with Crippen molar-refractivity contribution in [2.24, 2.45) is 0 Å². The van der Waals surface area contributed by atoms with Gasteiger partial charge in [-0.25, -0.2) is 4.79 Å². The van der Waals surface area contributed by atoms with Crippen molar-refractivity contribution in [3.63, 3.8) is 0 Å². The van der Waals surface area contributed by atoms with Gasteiger partial charge in [-0.15, -0.1) is 0 Å². The Morgan fingerprint density at radius 1 is 1.11 bits per heavy atom. The van der Waals surface area contributed by atoms with E-state index in [0.29, 0.717) is 10.8 Å². The van der Waals surface area contributed by atoms with Crippen molar-refractivity contribution in [3.05, 3.63) is 42.0 Å². The van der Waals surface area contributed by atoms with E-state index in [9.17, 15) is 18.4 Å². The van der Waals surface area contributed by atoms with Gasteiger partial charge in [0.2, 0.25) is 0 Å². The molecule has 0 aliphatic heterocycles. The van der Waals surface area contributed by atoms with Gasteiger partial charge >= 0.3 is 12.4 Å². The van der Waals surface area contributed by atoms with Crippen molar-refractivity contribution in [3.8, 4) is 0 Å². The van der Waals surface area contributed by atoms with E-state index in [1.165, 1.54) is 12.1 Å². The van der Waals surface area contributed by atoms with Crippen LogP contribution in [0, 0.1) is 0 Å². The fourth-order valence-electron chi connectivity index (χ4n) is 1.71. The van der Waals surface area contributed by atoms with Gasteiger partial charge in [0.15, 0.2) is 0 Å². The Bertz CT molecular complexity index is 655. The lowest BCUT2D eigenvalue weighted by Crippen LogP contribution is -2.21. The lowest BCUT2D eigenvalue weighted by molar-refractivity contribution is -0.126. The predicted octanol–water partition coefficient (Wildman–Crippen LogP) is 2.74. The van der Waals surface area contributed by atoms with Gasteiger partial charge in [-0.1, -0.05) is 24.3 Å². The Labute approximate surface area is 106 Å². The molecule has 0 aliphatic rings. The van der Waals surface area contributed by atoms with Crippen LogP contribution in [0.1, 0.15) is 10.4 Å². The van der Waals surface area contributed by atoms with Crippen LogP contribution in [-0.4, -0.2) is 23.4 Å². The molecule has 19 heavy (non-hydrogen) atoms. The molecule has 0 aliphatic carbocycles. The third-order valence-electron chi connectivity index (χ3n) is 2.57. The number of alkyl halides is 2. The summed E-state index contributed by atoms with van der Waals surface area (Å²) in [6.45, 7) is 0. The smallest absolute Gasteiger partial charge is 0.337 e. The molecular formula is C13H9F2NO3. The summed E-state index contributed by atoms with van der Waals surface area (Å²) in [6.07, 6.45) is -3.20. The molecular weight excluding hydrogens is 256 g/mol. The second-order valence-electron chi connectivity index (χ2n) is 3.84. The van der Waals surface area contributed by atoms with Gasteiger partial charge in [0.25, 0.3) is 5.91 Å². The Hall–Kier alpha value is -2.50. The number of amides is 1. The number of halogens is 2. The minimum atomic E-state index is -3.20. The monoisotopic (exact) mass is 265 g/mol. The average Bonchev–Trinajstić information content (AvgIpc) is 2.37. The molecule has 2 rings (SSSR count). The highest BCUT2D eigenvalue weighted by Gasteiger charge is 2.19. The number of anilines is 1. The summed E-state index contributed by atoms with van der Waals surface area (Å²) < 4.78 is 24.4. The van der Waals surface area contributed by atoms with E-state index in [1.54, 1.807) is 24.3 Å². The molecule has 0 spiro atoms. The highest BCUT2D eigenvalue weighted by atomic mass is 19.3. The number of carbonyl (C=O) groups is 2. The third kappa shape index (κ3) is 2.67. The first-order valence-corrected chi connectivity index (χ1v) is 5.34. The molecule has 2 aromatic rings. The van der Waals surface area contributed by atoms with Crippen molar-refractivity contribution in [2.45, 2.75) is 6.43 Å². The summed E-state index contributed by atoms with van der Waals surface area (Å²) >= 11 is 0. The predicted molar refractivity (Wildman–Crippen MR) is 65.5 cm³/mol. The van der Waals surface area contributed by atoms with E-state index in [4.69, 9.17) is 5.11 Å². The zero-order valence-electron chi connectivity index (χ0n) is 9.56. The Morgan fingerprint density at radius 2 is 1.68 bits per heavy atom. The highest BCUT2D eigenvalue weighted by molar-refractivity contribution is 6.05. The average molecular weight is 265 g/mol. The number of nitrogens with one attached hydrogen (secondary N) is 1. The highest BCUT2D eigenvalue weighted by Crippen LogP contribution is 2.24. The molecule has 2 aromatic carbocycles. The number of carbonyl (C=O) groups excluding carboxylic acids is 1. The molecule has 98 valence electrons. The fourth-order valence-corrected chi connectivity index (χ4v) is 1.71. The zero-order chi connectivity index (χ0) is 14.0. The first-order valence-electron chi connectivity index (χ1n) is 5.34. The molecule has 2 N–H and O–H groups in total. The fraction of sp³-hybridized carbons (Fsp3) is 0.0769. The van der Waals surface area contributed by atoms with Crippen LogP contribution in [0.4, 0.5) is 14.5 Å². The maximum atomic E-state index is 12.2. The standard InChI is InChI=1S/C13H9F2NO3/c14-11(15)12(17)16-10-6-8-4-2-1-3-7(8)5-9(10)13(18)19/h1-6,11H,(H,16,17)(H,18,19). The Morgan fingerprint density at radius 3 is 2.21 bits per heavy atom. The summed E-state index contributed by atoms with van der Waals surface area (Å²) in [4.78, 5) is 22.0. The summed E-state index contributed by atoms with van der Waals surface area (Å²) in [7, 11) is 0. The van der Waals surface area contributed by atoms with Crippen LogP contribution >= 0.6 is 0 Å². The Balaban J connectivity index is 2.53. The second-order valence-corrected chi connectivity index (χ2v) is 3.84. The molecule has 0 bridgehead atoms. The van der Waals surface area contributed by atoms with Crippen molar-refractivity contribution in [1.29, 1.82) is 0 Å². The van der Waals surface area contributed by atoms with Gasteiger partial charge in [-0.05, 0) is 22.9 Å². The SMILES string of the molecule is O=C(O)c1cc2ccccc2cc1NC(=O)C(F)F. The summed E-state index contributed by atoms with van der Waals surface area (Å²) in [5, 5.41) is 12.2. The largest absolute Gasteiger partial charge is 0.478 e. The van der Waals surface area contributed by atoms with E-state index >= 15 is 0 Å². The number of aromatic carboxylic acids is 1. The molecule has 0 saturated carbocycles. The van der Waals surface area contributed by atoms with Crippen LogP contribution in [0.3, 0.4) is 0 Å². The van der Waals surface area contributed by atoms with Gasteiger partial charge in [0.05, 0.1) is 11.3 Å².